The van der Waals surface area contributed by atoms with Crippen LogP contribution in [0, 0.1) is 5.21 Å². The van der Waals surface area contributed by atoms with Gasteiger partial charge in [0.05, 0.1) is 30.5 Å². The number of hydrogen-bond donors (Lipinski definition) is 3. The van der Waals surface area contributed by atoms with E-state index in [0.717, 1.165) is 5.69 Å². The van der Waals surface area contributed by atoms with E-state index in [1.165, 1.54) is 6.20 Å². The minimum Gasteiger partial charge on any atom is -0.594 e. The molecule has 1 heterocycles. The van der Waals surface area contributed by atoms with Crippen LogP contribution in [0.15, 0.2) is 24.4 Å². The first-order valence-electron chi connectivity index (χ1n) is 5.92. The van der Waals surface area contributed by atoms with Crippen LogP contribution in [0.3, 0.4) is 0 Å². The smallest absolute Gasteiger partial charge is 0.276 e. The van der Waals surface area contributed by atoms with Crippen LogP contribution in [0.2, 0.25) is 0 Å². The summed E-state index contributed by atoms with van der Waals surface area (Å²) < 4.78 is 0. The lowest BCUT2D eigenvalue weighted by molar-refractivity contribution is -0.642. The first kappa shape index (κ1) is 13.3. The number of fused-ring (bicyclic) bond motifs is 1. The number of nitrogens with zero attached hydrogens (tertiary/aromatic N) is 3. The van der Waals surface area contributed by atoms with Crippen molar-refractivity contribution >= 4 is 22.3 Å². The summed E-state index contributed by atoms with van der Waals surface area (Å²) in [6.07, 6.45) is 1.40. The maximum absolute atomic E-state index is 11.7. The van der Waals surface area contributed by atoms with E-state index < -0.39 is 0 Å². The number of aliphatic hydroxyl groups is 2. The van der Waals surface area contributed by atoms with Gasteiger partial charge in [-0.05, 0) is 23.0 Å². The predicted octanol–water partition coefficient (Wildman–Crippen LogP) is -0.759. The van der Waals surface area contributed by atoms with Gasteiger partial charge in [-0.25, -0.2) is 0 Å². The maximum Gasteiger partial charge on any atom is 0.276 e. The van der Waals surface area contributed by atoms with E-state index in [2.05, 4.69) is 5.10 Å². The van der Waals surface area contributed by atoms with E-state index in [9.17, 15) is 5.21 Å². The Bertz CT molecular complexity index is 562. The topological polar surface area (TPSA) is 110 Å². The van der Waals surface area contributed by atoms with Crippen LogP contribution in [-0.4, -0.2) is 41.6 Å². The van der Waals surface area contributed by atoms with Crippen LogP contribution in [0.5, 0.6) is 0 Å². The number of aliphatic hydroxyl groups excluding tert-OH is 2. The molecule has 1 aromatic heterocycles. The van der Waals surface area contributed by atoms with Crippen molar-refractivity contribution in [2.75, 3.05) is 36.9 Å². The summed E-state index contributed by atoms with van der Waals surface area (Å²) in [5, 5.41) is 34.1. The third kappa shape index (κ3) is 2.51. The second-order valence-electron chi connectivity index (χ2n) is 4.07. The van der Waals surface area contributed by atoms with Gasteiger partial charge in [0.1, 0.15) is 5.69 Å². The van der Waals surface area contributed by atoms with Gasteiger partial charge >= 0.3 is 0 Å². The van der Waals surface area contributed by atoms with Crippen molar-refractivity contribution in [3.05, 3.63) is 29.6 Å². The summed E-state index contributed by atoms with van der Waals surface area (Å²) >= 11 is 0. The molecular weight excluding hydrogens is 248 g/mol. The second-order valence-corrected chi connectivity index (χ2v) is 4.07. The van der Waals surface area contributed by atoms with Crippen molar-refractivity contribution in [2.24, 2.45) is 0 Å². The molecule has 0 aliphatic rings. The second kappa shape index (κ2) is 5.68. The Balaban J connectivity index is 2.60. The van der Waals surface area contributed by atoms with Gasteiger partial charge in [0, 0.05) is 18.2 Å². The van der Waals surface area contributed by atoms with Crippen LogP contribution >= 0.6 is 0 Å². The van der Waals surface area contributed by atoms with Gasteiger partial charge in [0.15, 0.2) is 0 Å². The highest BCUT2D eigenvalue weighted by Crippen LogP contribution is 2.28. The fourth-order valence-corrected chi connectivity index (χ4v) is 2.09. The fourth-order valence-electron chi connectivity index (χ4n) is 2.09. The Morgan fingerprint density at radius 1 is 1.21 bits per heavy atom. The zero-order chi connectivity index (χ0) is 13.8. The van der Waals surface area contributed by atoms with Gasteiger partial charge in [-0.15, -0.1) is 0 Å². The number of nitrogen functional groups attached to an aromatic ring is 1. The fraction of sp³-hybridized carbons (Fsp3) is 0.333. The van der Waals surface area contributed by atoms with Crippen molar-refractivity contribution in [3.63, 3.8) is 0 Å². The molecule has 102 valence electrons. The molecule has 4 N–H and O–H groups in total. The molecule has 2 aromatic rings. The molecule has 1 aromatic carbocycles. The van der Waals surface area contributed by atoms with Crippen LogP contribution in [0.4, 0.5) is 11.4 Å². The predicted molar refractivity (Wildman–Crippen MR) is 71.5 cm³/mol. The van der Waals surface area contributed by atoms with E-state index in [-0.39, 0.29) is 13.2 Å². The monoisotopic (exact) mass is 264 g/mol. The number of aromatic nitrogens is 2. The summed E-state index contributed by atoms with van der Waals surface area (Å²) in [6.45, 7) is 0.629. The van der Waals surface area contributed by atoms with Crippen LogP contribution < -0.4 is 15.5 Å². The zero-order valence-electron chi connectivity index (χ0n) is 10.4. The van der Waals surface area contributed by atoms with Crippen LogP contribution in [0.1, 0.15) is 0 Å². The van der Waals surface area contributed by atoms with E-state index in [1.807, 2.05) is 0 Å². The zero-order valence-corrected chi connectivity index (χ0v) is 10.4. The van der Waals surface area contributed by atoms with Gasteiger partial charge in [-0.2, -0.15) is 0 Å². The molecule has 0 radical (unpaired) electrons. The molecule has 0 bridgehead atoms. The third-order valence-electron chi connectivity index (χ3n) is 2.91. The first-order chi connectivity index (χ1) is 9.19. The normalized spacial score (nSPS) is 10.8. The summed E-state index contributed by atoms with van der Waals surface area (Å²) in [5.74, 6) is 0. The first-order valence-corrected chi connectivity index (χ1v) is 5.92. The Morgan fingerprint density at radius 2 is 1.89 bits per heavy atom. The van der Waals surface area contributed by atoms with Gasteiger partial charge in [0.25, 0.3) is 5.52 Å². The summed E-state index contributed by atoms with van der Waals surface area (Å²) in [5.41, 5.74) is 7.17. The molecule has 0 spiro atoms. The summed E-state index contributed by atoms with van der Waals surface area (Å²) in [4.78, 5) is 2.27. The van der Waals surface area contributed by atoms with Crippen molar-refractivity contribution in [2.45, 2.75) is 0 Å². The lowest BCUT2D eigenvalue weighted by atomic mass is 10.1. The van der Waals surface area contributed by atoms with E-state index in [4.69, 9.17) is 15.9 Å². The number of anilines is 2. The molecule has 19 heavy (non-hydrogen) atoms. The highest BCUT2D eigenvalue weighted by Gasteiger charge is 2.16. The molecule has 2 rings (SSSR count). The van der Waals surface area contributed by atoms with Crippen LogP contribution in [0.25, 0.3) is 10.9 Å². The lowest BCUT2D eigenvalue weighted by Gasteiger charge is -2.24. The van der Waals surface area contributed by atoms with E-state index >= 15 is 0 Å². The molecule has 0 amide bonds. The molecule has 7 nitrogen and oxygen atoms in total. The summed E-state index contributed by atoms with van der Waals surface area (Å²) in [6, 6.07) is 5.08. The van der Waals surface area contributed by atoms with E-state index in [0.29, 0.717) is 34.5 Å². The number of rotatable bonds is 5. The molecule has 0 unspecified atom stereocenters. The number of nitrogens with two attached hydrogens (primary N) is 1. The molecule has 0 saturated carbocycles. The molecule has 7 heteroatoms. The third-order valence-corrected chi connectivity index (χ3v) is 2.91. The van der Waals surface area contributed by atoms with Crippen molar-refractivity contribution < 1.29 is 15.1 Å². The summed E-state index contributed by atoms with van der Waals surface area (Å²) in [7, 11) is 0. The lowest BCUT2D eigenvalue weighted by Crippen LogP contribution is -2.34. The molecule has 0 aliphatic carbocycles. The molecule has 0 fully saturated rings. The minimum atomic E-state index is -0.0473. The molecular formula is C12H16N4O3. The Kier molecular flexibility index (Phi) is 3.98. The molecule has 0 saturated heterocycles. The van der Waals surface area contributed by atoms with Gasteiger partial charge < -0.3 is 26.1 Å². The Labute approximate surface area is 110 Å². The van der Waals surface area contributed by atoms with Crippen molar-refractivity contribution in [1.29, 1.82) is 0 Å². The quantitative estimate of drug-likeness (QED) is 0.372. The van der Waals surface area contributed by atoms with Gasteiger partial charge in [0.2, 0.25) is 0 Å². The Hall–Kier alpha value is -2.12. The Morgan fingerprint density at radius 3 is 2.53 bits per heavy atom. The largest absolute Gasteiger partial charge is 0.594 e. The highest BCUT2D eigenvalue weighted by molar-refractivity contribution is 5.96. The minimum absolute atomic E-state index is 0.0473. The average molecular weight is 264 g/mol. The van der Waals surface area contributed by atoms with Crippen molar-refractivity contribution in [3.8, 4) is 0 Å². The molecule has 0 atom stereocenters. The van der Waals surface area contributed by atoms with Gasteiger partial charge in [-0.1, -0.05) is 0 Å². The van der Waals surface area contributed by atoms with Gasteiger partial charge in [-0.3, -0.25) is 0 Å². The molecule has 0 aliphatic heterocycles. The van der Waals surface area contributed by atoms with E-state index in [1.54, 1.807) is 23.1 Å². The SMILES string of the molecule is Nc1ccc(N(CCO)CCO)c2ccn[n+]([O-])c12. The number of hydrogen-bond acceptors (Lipinski definition) is 6. The number of benzene rings is 1. The van der Waals surface area contributed by atoms with Crippen LogP contribution in [-0.2, 0) is 0 Å². The van der Waals surface area contributed by atoms with Crippen molar-refractivity contribution in [1.82, 2.24) is 5.10 Å². The average Bonchev–Trinajstić information content (AvgIpc) is 2.39. The highest BCUT2D eigenvalue weighted by atomic mass is 16.5. The standard InChI is InChI=1S/C12H16N4O3/c13-10-1-2-11(15(5-7-17)6-8-18)9-3-4-14-16(19)12(9)10/h1-4,17-18H,5-8,13H2. The maximum atomic E-state index is 11.7.